The van der Waals surface area contributed by atoms with Crippen molar-refractivity contribution in [2.45, 2.75) is 33.1 Å². The lowest BCUT2D eigenvalue weighted by molar-refractivity contribution is 0.660. The van der Waals surface area contributed by atoms with Gasteiger partial charge in [-0.3, -0.25) is 0 Å². The summed E-state index contributed by atoms with van der Waals surface area (Å²) in [5.74, 6) is 0. The molecular weight excluding hydrogens is 761 g/mol. The maximum Gasteiger partial charge on any atom is 0.0465 e. The molecule has 0 unspecified atom stereocenters. The van der Waals surface area contributed by atoms with Crippen LogP contribution in [0.5, 0.6) is 0 Å². The van der Waals surface area contributed by atoms with Gasteiger partial charge in [-0.1, -0.05) is 158 Å². The molecule has 0 radical (unpaired) electrons. The Morgan fingerprint density at radius 2 is 0.603 bits per heavy atom. The van der Waals surface area contributed by atoms with Crippen LogP contribution in [0.15, 0.2) is 218 Å². The number of benzene rings is 10. The summed E-state index contributed by atoms with van der Waals surface area (Å²) in [6.07, 6.45) is 0. The Labute approximate surface area is 371 Å². The first-order valence-corrected chi connectivity index (χ1v) is 22.0. The Morgan fingerprint density at radius 3 is 0.984 bits per heavy atom. The fraction of sp³-hybridized carbons (Fsp3) is 0.0820. The molecule has 0 N–H and O–H groups in total. The third-order valence-corrected chi connectivity index (χ3v) is 13.2. The highest BCUT2D eigenvalue weighted by Gasteiger charge is 2.37. The molecule has 0 saturated carbocycles. The quantitative estimate of drug-likeness (QED) is 0.151. The minimum absolute atomic E-state index is 0.242. The zero-order valence-electron chi connectivity index (χ0n) is 36.2. The van der Waals surface area contributed by atoms with E-state index in [9.17, 15) is 0 Å². The first-order chi connectivity index (χ1) is 30.8. The number of aryl methyl sites for hydroxylation is 2. The van der Waals surface area contributed by atoms with Crippen LogP contribution in [-0.2, 0) is 5.41 Å². The Bertz CT molecular complexity index is 3080. The summed E-state index contributed by atoms with van der Waals surface area (Å²) in [5, 5.41) is 5.02. The van der Waals surface area contributed by atoms with Gasteiger partial charge in [-0.15, -0.1) is 0 Å². The third kappa shape index (κ3) is 6.95. The van der Waals surface area contributed by atoms with E-state index in [1.807, 2.05) is 0 Å². The summed E-state index contributed by atoms with van der Waals surface area (Å²) in [7, 11) is 0. The molecule has 0 aliphatic heterocycles. The van der Waals surface area contributed by atoms with Crippen LogP contribution >= 0.6 is 0 Å². The maximum absolute atomic E-state index is 2.43. The Kier molecular flexibility index (Phi) is 9.32. The monoisotopic (exact) mass is 808 g/mol. The van der Waals surface area contributed by atoms with Crippen molar-refractivity contribution in [1.29, 1.82) is 0 Å². The molecule has 10 aromatic carbocycles. The van der Waals surface area contributed by atoms with Crippen molar-refractivity contribution in [1.82, 2.24) is 0 Å². The molecule has 0 aromatic heterocycles. The summed E-state index contributed by atoms with van der Waals surface area (Å²) in [4.78, 5) is 4.80. The standard InChI is InChI=1S/C61H48N2/c1-41-13-25-51(26-14-41)62(53-29-21-45(22-30-53)49-19-17-43-9-5-7-11-47(43)37-49)55-33-35-57-58-36-34-56(40-60(58)61(3,4)59(57)39-55)63(52-27-15-42(2)16-28-52)54-31-23-46(24-32-54)50-20-18-44-10-6-8-12-48(44)38-50/h5-40H,1-4H3. The van der Waals surface area contributed by atoms with Crippen LogP contribution in [0, 0.1) is 13.8 Å². The molecule has 0 saturated heterocycles. The summed E-state index contributed by atoms with van der Waals surface area (Å²) in [6, 6.07) is 80.6. The molecule has 0 fully saturated rings. The van der Waals surface area contributed by atoms with E-state index in [0.717, 1.165) is 34.1 Å². The van der Waals surface area contributed by atoms with Crippen molar-refractivity contribution in [2.24, 2.45) is 0 Å². The molecule has 1 aliphatic carbocycles. The second-order valence-corrected chi connectivity index (χ2v) is 17.6. The second-order valence-electron chi connectivity index (χ2n) is 17.6. The zero-order chi connectivity index (χ0) is 42.7. The van der Waals surface area contributed by atoms with Crippen LogP contribution in [0.2, 0.25) is 0 Å². The lowest BCUT2D eigenvalue weighted by Gasteiger charge is -2.29. The van der Waals surface area contributed by atoms with E-state index in [4.69, 9.17) is 0 Å². The number of hydrogen-bond acceptors (Lipinski definition) is 2. The van der Waals surface area contributed by atoms with Gasteiger partial charge in [0.05, 0.1) is 0 Å². The molecule has 0 spiro atoms. The average Bonchev–Trinajstić information content (AvgIpc) is 3.55. The van der Waals surface area contributed by atoms with Crippen LogP contribution in [-0.4, -0.2) is 0 Å². The Hall–Kier alpha value is -7.68. The normalized spacial score (nSPS) is 12.6. The molecule has 2 heteroatoms. The number of rotatable bonds is 8. The van der Waals surface area contributed by atoms with Crippen LogP contribution in [0.4, 0.5) is 34.1 Å². The lowest BCUT2D eigenvalue weighted by Crippen LogP contribution is -2.17. The van der Waals surface area contributed by atoms with Gasteiger partial charge < -0.3 is 9.80 Å². The molecule has 0 amide bonds. The summed E-state index contributed by atoms with van der Waals surface area (Å²) in [5.41, 5.74) is 19.1. The maximum atomic E-state index is 2.43. The fourth-order valence-corrected chi connectivity index (χ4v) is 9.62. The van der Waals surface area contributed by atoms with E-state index in [0.29, 0.717) is 0 Å². The van der Waals surface area contributed by atoms with E-state index < -0.39 is 0 Å². The smallest absolute Gasteiger partial charge is 0.0465 e. The molecule has 0 heterocycles. The predicted molar refractivity (Wildman–Crippen MR) is 269 cm³/mol. The summed E-state index contributed by atoms with van der Waals surface area (Å²) < 4.78 is 0. The number of anilines is 6. The highest BCUT2D eigenvalue weighted by atomic mass is 15.1. The minimum atomic E-state index is -0.242. The van der Waals surface area contributed by atoms with E-state index in [1.165, 1.54) is 77.2 Å². The first kappa shape index (κ1) is 38.3. The van der Waals surface area contributed by atoms with Crippen molar-refractivity contribution in [3.05, 3.63) is 241 Å². The first-order valence-electron chi connectivity index (χ1n) is 22.0. The van der Waals surface area contributed by atoms with Crippen molar-refractivity contribution in [3.63, 3.8) is 0 Å². The third-order valence-electron chi connectivity index (χ3n) is 13.2. The van der Waals surface area contributed by atoms with Gasteiger partial charge in [0, 0.05) is 39.5 Å². The topological polar surface area (TPSA) is 6.48 Å². The van der Waals surface area contributed by atoms with Crippen LogP contribution < -0.4 is 9.80 Å². The molecule has 11 rings (SSSR count). The predicted octanol–water partition coefficient (Wildman–Crippen LogP) is 17.2. The molecule has 2 nitrogen and oxygen atoms in total. The Balaban J connectivity index is 0.953. The number of hydrogen-bond donors (Lipinski definition) is 0. The van der Waals surface area contributed by atoms with Crippen molar-refractivity contribution in [2.75, 3.05) is 9.80 Å². The van der Waals surface area contributed by atoms with Gasteiger partial charge in [-0.25, -0.2) is 0 Å². The van der Waals surface area contributed by atoms with E-state index in [-0.39, 0.29) is 5.41 Å². The van der Waals surface area contributed by atoms with Gasteiger partial charge in [0.2, 0.25) is 0 Å². The molecule has 0 atom stereocenters. The van der Waals surface area contributed by atoms with Gasteiger partial charge >= 0.3 is 0 Å². The molecule has 0 bridgehead atoms. The second kappa shape index (κ2) is 15.3. The van der Waals surface area contributed by atoms with E-state index in [1.54, 1.807) is 0 Å². The van der Waals surface area contributed by atoms with E-state index >= 15 is 0 Å². The van der Waals surface area contributed by atoms with Crippen LogP contribution in [0.1, 0.15) is 36.1 Å². The average molecular weight is 809 g/mol. The van der Waals surface area contributed by atoms with Gasteiger partial charge in [-0.2, -0.15) is 0 Å². The van der Waals surface area contributed by atoms with Gasteiger partial charge in [-0.05, 0) is 165 Å². The number of nitrogens with zero attached hydrogens (tertiary/aromatic N) is 2. The van der Waals surface area contributed by atoms with Gasteiger partial charge in [0.1, 0.15) is 0 Å². The van der Waals surface area contributed by atoms with Crippen molar-refractivity contribution >= 4 is 55.7 Å². The van der Waals surface area contributed by atoms with Crippen molar-refractivity contribution < 1.29 is 0 Å². The van der Waals surface area contributed by atoms with Crippen molar-refractivity contribution in [3.8, 4) is 33.4 Å². The molecular formula is C61H48N2. The van der Waals surface area contributed by atoms with Crippen LogP contribution in [0.25, 0.3) is 54.9 Å². The van der Waals surface area contributed by atoms with Gasteiger partial charge in [0.15, 0.2) is 0 Å². The minimum Gasteiger partial charge on any atom is -0.310 e. The fourth-order valence-electron chi connectivity index (χ4n) is 9.62. The van der Waals surface area contributed by atoms with E-state index in [2.05, 4.69) is 256 Å². The largest absolute Gasteiger partial charge is 0.310 e. The highest BCUT2D eigenvalue weighted by molar-refractivity contribution is 5.91. The highest BCUT2D eigenvalue weighted by Crippen LogP contribution is 2.52. The lowest BCUT2D eigenvalue weighted by atomic mass is 9.82. The summed E-state index contributed by atoms with van der Waals surface area (Å²) >= 11 is 0. The SMILES string of the molecule is Cc1ccc(N(c2ccc(-c3ccc4ccccc4c3)cc2)c2ccc3c(c2)C(C)(C)c2cc(N(c4ccc(C)cc4)c4ccc(-c5ccc6ccccc6c5)cc4)ccc2-3)cc1. The van der Waals surface area contributed by atoms with Crippen LogP contribution in [0.3, 0.4) is 0 Å². The zero-order valence-corrected chi connectivity index (χ0v) is 36.2. The number of fused-ring (bicyclic) bond motifs is 5. The molecule has 63 heavy (non-hydrogen) atoms. The van der Waals surface area contributed by atoms with Gasteiger partial charge in [0.25, 0.3) is 0 Å². The molecule has 1 aliphatic rings. The summed E-state index contributed by atoms with van der Waals surface area (Å²) in [6.45, 7) is 9.07. The molecule has 302 valence electrons. The Morgan fingerprint density at radius 1 is 0.286 bits per heavy atom. The molecule has 10 aromatic rings.